The largest absolute Gasteiger partial charge is 0.383 e. The Bertz CT molecular complexity index is 605. The van der Waals surface area contributed by atoms with Crippen LogP contribution in [0.5, 0.6) is 0 Å². The Balaban J connectivity index is 1.78. The number of ether oxygens (including phenoxy) is 1. The highest BCUT2D eigenvalue weighted by molar-refractivity contribution is 5.97. The highest BCUT2D eigenvalue weighted by Crippen LogP contribution is 2.23. The molecule has 1 aromatic heterocycles. The van der Waals surface area contributed by atoms with E-state index in [0.717, 1.165) is 44.3 Å². The number of rotatable bonds is 6. The first-order chi connectivity index (χ1) is 11.7. The molecular formula is C17H26N4O3. The number of carbonyl (C=O) groups is 2. The molecule has 132 valence electrons. The van der Waals surface area contributed by atoms with Crippen LogP contribution < -0.4 is 10.6 Å². The molecule has 2 aliphatic rings. The summed E-state index contributed by atoms with van der Waals surface area (Å²) in [6.07, 6.45) is 7.23. The average Bonchev–Trinajstić information content (AvgIpc) is 3.22. The lowest BCUT2D eigenvalue weighted by Gasteiger charge is -2.17. The van der Waals surface area contributed by atoms with E-state index < -0.39 is 0 Å². The van der Waals surface area contributed by atoms with Gasteiger partial charge in [-0.05, 0) is 32.1 Å². The van der Waals surface area contributed by atoms with Crippen LogP contribution in [0.15, 0.2) is 0 Å². The second-order valence-electron chi connectivity index (χ2n) is 6.54. The second kappa shape index (κ2) is 7.79. The topological polar surface area (TPSA) is 85.2 Å². The first-order valence-corrected chi connectivity index (χ1v) is 8.88. The lowest BCUT2D eigenvalue weighted by atomic mass is 10.1. The summed E-state index contributed by atoms with van der Waals surface area (Å²) >= 11 is 0. The minimum absolute atomic E-state index is 0.136. The smallest absolute Gasteiger partial charge is 0.287 e. The molecule has 1 fully saturated rings. The number of carbonyl (C=O) groups excluding carboxylic acids is 2. The molecule has 2 N–H and O–H groups in total. The molecule has 1 saturated carbocycles. The molecule has 1 aliphatic heterocycles. The molecule has 1 aliphatic carbocycles. The van der Waals surface area contributed by atoms with E-state index in [-0.39, 0.29) is 17.9 Å². The van der Waals surface area contributed by atoms with E-state index in [0.29, 0.717) is 24.7 Å². The summed E-state index contributed by atoms with van der Waals surface area (Å²) in [5, 5.41) is 5.88. The molecule has 0 spiro atoms. The van der Waals surface area contributed by atoms with Gasteiger partial charge in [0.15, 0.2) is 5.82 Å². The van der Waals surface area contributed by atoms with Crippen LogP contribution >= 0.6 is 0 Å². The fourth-order valence-corrected chi connectivity index (χ4v) is 3.57. The van der Waals surface area contributed by atoms with Crippen molar-refractivity contribution in [3.63, 3.8) is 0 Å². The Morgan fingerprint density at radius 1 is 1.21 bits per heavy atom. The third-order valence-corrected chi connectivity index (χ3v) is 4.82. The summed E-state index contributed by atoms with van der Waals surface area (Å²) in [6.45, 7) is 1.63. The molecule has 2 heterocycles. The molecule has 0 saturated heterocycles. The van der Waals surface area contributed by atoms with Crippen LogP contribution in [0.1, 0.15) is 65.3 Å². The number of fused-ring (bicyclic) bond motifs is 1. The lowest BCUT2D eigenvalue weighted by molar-refractivity contribution is 0.0921. The van der Waals surface area contributed by atoms with Crippen molar-refractivity contribution in [2.45, 2.75) is 57.5 Å². The highest BCUT2D eigenvalue weighted by atomic mass is 16.5. The summed E-state index contributed by atoms with van der Waals surface area (Å²) in [7, 11) is 1.59. The molecule has 0 aromatic carbocycles. The van der Waals surface area contributed by atoms with E-state index in [1.54, 1.807) is 7.11 Å². The Morgan fingerprint density at radius 3 is 2.75 bits per heavy atom. The van der Waals surface area contributed by atoms with E-state index >= 15 is 0 Å². The molecule has 24 heavy (non-hydrogen) atoms. The average molecular weight is 334 g/mol. The third kappa shape index (κ3) is 3.61. The predicted molar refractivity (Wildman–Crippen MR) is 89.1 cm³/mol. The van der Waals surface area contributed by atoms with Crippen molar-refractivity contribution in [3.05, 3.63) is 17.2 Å². The predicted octanol–water partition coefficient (Wildman–Crippen LogP) is 1.27. The number of aromatic nitrogens is 2. The third-order valence-electron chi connectivity index (χ3n) is 4.82. The van der Waals surface area contributed by atoms with Crippen LogP contribution in [-0.2, 0) is 17.7 Å². The number of hydrogen-bond donors (Lipinski definition) is 2. The van der Waals surface area contributed by atoms with Gasteiger partial charge in [0.1, 0.15) is 5.69 Å². The monoisotopic (exact) mass is 334 g/mol. The summed E-state index contributed by atoms with van der Waals surface area (Å²) in [5.74, 6) is -0.0315. The first-order valence-electron chi connectivity index (χ1n) is 8.88. The van der Waals surface area contributed by atoms with Gasteiger partial charge in [0.2, 0.25) is 0 Å². The molecule has 0 unspecified atom stereocenters. The summed E-state index contributed by atoms with van der Waals surface area (Å²) in [5.41, 5.74) is 1.33. The number of methoxy groups -OCH3 is 1. The van der Waals surface area contributed by atoms with Crippen molar-refractivity contribution in [1.82, 2.24) is 20.2 Å². The Hall–Kier alpha value is -1.89. The number of nitrogens with zero attached hydrogens (tertiary/aromatic N) is 2. The van der Waals surface area contributed by atoms with Crippen LogP contribution in [0.25, 0.3) is 0 Å². The van der Waals surface area contributed by atoms with Crippen LogP contribution in [0.4, 0.5) is 0 Å². The molecule has 0 radical (unpaired) electrons. The maximum absolute atomic E-state index is 12.6. The van der Waals surface area contributed by atoms with Gasteiger partial charge in [0.25, 0.3) is 11.8 Å². The maximum Gasteiger partial charge on any atom is 0.287 e. The van der Waals surface area contributed by atoms with E-state index in [2.05, 4.69) is 15.6 Å². The Kier molecular flexibility index (Phi) is 5.50. The first kappa shape index (κ1) is 17.0. The van der Waals surface area contributed by atoms with Crippen molar-refractivity contribution in [2.75, 3.05) is 20.3 Å². The van der Waals surface area contributed by atoms with Crippen LogP contribution in [0.2, 0.25) is 0 Å². The molecule has 1 aromatic rings. The van der Waals surface area contributed by atoms with Gasteiger partial charge in [-0.2, -0.15) is 0 Å². The second-order valence-corrected chi connectivity index (χ2v) is 6.54. The number of hydrogen-bond acceptors (Lipinski definition) is 4. The van der Waals surface area contributed by atoms with Gasteiger partial charge < -0.3 is 19.9 Å². The maximum atomic E-state index is 12.6. The van der Waals surface area contributed by atoms with Crippen LogP contribution in [-0.4, -0.2) is 47.7 Å². The van der Waals surface area contributed by atoms with Crippen molar-refractivity contribution < 1.29 is 14.3 Å². The van der Waals surface area contributed by atoms with Gasteiger partial charge in [-0.15, -0.1) is 0 Å². The van der Waals surface area contributed by atoms with Crippen LogP contribution in [0, 0.1) is 0 Å². The molecule has 7 heteroatoms. The van der Waals surface area contributed by atoms with Gasteiger partial charge in [0.05, 0.1) is 12.3 Å². The van der Waals surface area contributed by atoms with Crippen molar-refractivity contribution in [1.29, 1.82) is 0 Å². The van der Waals surface area contributed by atoms with Gasteiger partial charge in [-0.25, -0.2) is 4.98 Å². The molecular weight excluding hydrogens is 308 g/mol. The van der Waals surface area contributed by atoms with E-state index in [4.69, 9.17) is 4.74 Å². The van der Waals surface area contributed by atoms with Crippen molar-refractivity contribution in [2.24, 2.45) is 0 Å². The van der Waals surface area contributed by atoms with Gasteiger partial charge >= 0.3 is 0 Å². The standard InChI is InChI=1S/C17H26N4O3/c1-24-11-9-18-17(23)15-20-14(13-8-4-5-10-21(13)15)16(22)19-12-6-2-3-7-12/h12H,2-11H2,1H3,(H,18,23)(H,19,22). The van der Waals surface area contributed by atoms with Crippen LogP contribution in [0.3, 0.4) is 0 Å². The number of imidazole rings is 1. The Labute approximate surface area is 142 Å². The zero-order valence-corrected chi connectivity index (χ0v) is 14.3. The SMILES string of the molecule is COCCNC(=O)c1nc(C(=O)NC2CCCC2)c2n1CCCC2. The Morgan fingerprint density at radius 2 is 2.00 bits per heavy atom. The molecule has 7 nitrogen and oxygen atoms in total. The van der Waals surface area contributed by atoms with E-state index in [1.807, 2.05) is 4.57 Å². The zero-order chi connectivity index (χ0) is 16.9. The van der Waals surface area contributed by atoms with E-state index in [1.165, 1.54) is 12.8 Å². The summed E-state index contributed by atoms with van der Waals surface area (Å²) < 4.78 is 6.86. The van der Waals surface area contributed by atoms with Gasteiger partial charge in [0, 0.05) is 26.2 Å². The molecule has 3 rings (SSSR count). The molecule has 0 bridgehead atoms. The number of nitrogens with one attached hydrogen (secondary N) is 2. The number of amides is 2. The van der Waals surface area contributed by atoms with Gasteiger partial charge in [-0.1, -0.05) is 12.8 Å². The highest BCUT2D eigenvalue weighted by Gasteiger charge is 2.28. The fourth-order valence-electron chi connectivity index (χ4n) is 3.57. The summed E-state index contributed by atoms with van der Waals surface area (Å²) in [6, 6.07) is 0.248. The zero-order valence-electron chi connectivity index (χ0n) is 14.3. The summed E-state index contributed by atoms with van der Waals surface area (Å²) in [4.78, 5) is 29.4. The minimum atomic E-state index is -0.241. The molecule has 2 amide bonds. The van der Waals surface area contributed by atoms with Crippen molar-refractivity contribution >= 4 is 11.8 Å². The molecule has 0 atom stereocenters. The fraction of sp³-hybridized carbons (Fsp3) is 0.706. The van der Waals surface area contributed by atoms with Crippen molar-refractivity contribution in [3.8, 4) is 0 Å². The van der Waals surface area contributed by atoms with Gasteiger partial charge in [-0.3, -0.25) is 9.59 Å². The minimum Gasteiger partial charge on any atom is -0.383 e. The van der Waals surface area contributed by atoms with E-state index in [9.17, 15) is 9.59 Å². The quantitative estimate of drug-likeness (QED) is 0.767. The lowest BCUT2D eigenvalue weighted by Crippen LogP contribution is -2.33. The normalized spacial score (nSPS) is 17.5.